The van der Waals surface area contributed by atoms with Gasteiger partial charge >= 0.3 is 5.97 Å². The van der Waals surface area contributed by atoms with Crippen LogP contribution in [0.25, 0.3) is 0 Å². The average molecular weight is 309 g/mol. The molecule has 0 radical (unpaired) electrons. The van der Waals surface area contributed by atoms with E-state index in [1.807, 2.05) is 13.0 Å². The molecule has 1 amide bonds. The van der Waals surface area contributed by atoms with Gasteiger partial charge in [-0.3, -0.25) is 9.59 Å². The summed E-state index contributed by atoms with van der Waals surface area (Å²) < 4.78 is 0. The fourth-order valence-corrected chi connectivity index (χ4v) is 4.05. The Morgan fingerprint density at radius 1 is 1.43 bits per heavy atom. The fourth-order valence-electron chi connectivity index (χ4n) is 3.07. The van der Waals surface area contributed by atoms with Gasteiger partial charge in [-0.1, -0.05) is 19.8 Å². The molecule has 1 aromatic heterocycles. The molecule has 0 aliphatic heterocycles. The number of carboxylic acid groups (broad SMARTS) is 1. The van der Waals surface area contributed by atoms with Crippen LogP contribution in [0.4, 0.5) is 0 Å². The van der Waals surface area contributed by atoms with Crippen LogP contribution in [0.15, 0.2) is 6.07 Å². The second-order valence-electron chi connectivity index (χ2n) is 5.79. The fraction of sp³-hybridized carbons (Fsp3) is 0.625. The van der Waals surface area contributed by atoms with Gasteiger partial charge < -0.3 is 10.4 Å². The number of hydrogen-bond donors (Lipinski definition) is 2. The molecule has 0 aromatic carbocycles. The molecule has 0 spiro atoms. The summed E-state index contributed by atoms with van der Waals surface area (Å²) in [6.45, 7) is 4.64. The van der Waals surface area contributed by atoms with Gasteiger partial charge in [0.05, 0.1) is 10.8 Å². The van der Waals surface area contributed by atoms with Crippen LogP contribution in [-0.4, -0.2) is 23.5 Å². The first-order valence-corrected chi connectivity index (χ1v) is 8.44. The molecule has 2 rings (SSSR count). The van der Waals surface area contributed by atoms with E-state index in [1.165, 1.54) is 21.8 Å². The van der Waals surface area contributed by atoms with Gasteiger partial charge in [-0.15, -0.1) is 11.3 Å². The lowest BCUT2D eigenvalue weighted by atomic mass is 9.96. The Kier molecular flexibility index (Phi) is 5.39. The zero-order chi connectivity index (χ0) is 15.4. The van der Waals surface area contributed by atoms with E-state index >= 15 is 0 Å². The Bertz CT molecular complexity index is 524. The van der Waals surface area contributed by atoms with Crippen molar-refractivity contribution in [2.75, 3.05) is 6.54 Å². The first-order valence-electron chi connectivity index (χ1n) is 7.63. The van der Waals surface area contributed by atoms with Crippen molar-refractivity contribution in [2.45, 2.75) is 46.0 Å². The summed E-state index contributed by atoms with van der Waals surface area (Å²) in [6.07, 6.45) is 4.63. The van der Waals surface area contributed by atoms with Crippen LogP contribution >= 0.6 is 11.3 Å². The predicted molar refractivity (Wildman–Crippen MR) is 83.9 cm³/mol. The Morgan fingerprint density at radius 3 is 2.86 bits per heavy atom. The summed E-state index contributed by atoms with van der Waals surface area (Å²) in [6, 6.07) is 1.97. The molecule has 2 N–H and O–H groups in total. The SMILES string of the molecule is CCCc1cc(C(=O)NCC2CCCC2C(=O)O)sc1C. The molecule has 5 heteroatoms. The molecular weight excluding hydrogens is 286 g/mol. The van der Waals surface area contributed by atoms with Crippen molar-refractivity contribution in [3.05, 3.63) is 21.4 Å². The third-order valence-corrected chi connectivity index (χ3v) is 5.36. The van der Waals surface area contributed by atoms with Gasteiger partial charge in [-0.2, -0.15) is 0 Å². The molecule has 21 heavy (non-hydrogen) atoms. The lowest BCUT2D eigenvalue weighted by Crippen LogP contribution is -2.32. The largest absolute Gasteiger partial charge is 0.481 e. The molecule has 1 fully saturated rings. The number of carbonyl (C=O) groups excluding carboxylic acids is 1. The van der Waals surface area contributed by atoms with Gasteiger partial charge in [-0.05, 0) is 43.7 Å². The van der Waals surface area contributed by atoms with Crippen molar-refractivity contribution in [1.82, 2.24) is 5.32 Å². The van der Waals surface area contributed by atoms with Crippen molar-refractivity contribution in [3.8, 4) is 0 Å². The molecule has 0 saturated heterocycles. The zero-order valence-corrected chi connectivity index (χ0v) is 13.5. The summed E-state index contributed by atoms with van der Waals surface area (Å²) in [5, 5.41) is 12.1. The third kappa shape index (κ3) is 3.84. The topological polar surface area (TPSA) is 66.4 Å². The maximum absolute atomic E-state index is 12.2. The summed E-state index contributed by atoms with van der Waals surface area (Å²) in [5.41, 5.74) is 1.25. The highest BCUT2D eigenvalue weighted by atomic mass is 32.1. The first-order chi connectivity index (χ1) is 10.0. The second kappa shape index (κ2) is 7.07. The minimum atomic E-state index is -0.732. The van der Waals surface area contributed by atoms with Crippen LogP contribution in [0.2, 0.25) is 0 Å². The number of aliphatic carboxylic acids is 1. The molecule has 1 heterocycles. The van der Waals surface area contributed by atoms with Crippen LogP contribution < -0.4 is 5.32 Å². The summed E-state index contributed by atoms with van der Waals surface area (Å²) >= 11 is 1.52. The molecule has 0 bridgehead atoms. The Hall–Kier alpha value is -1.36. The van der Waals surface area contributed by atoms with Gasteiger partial charge in [0.25, 0.3) is 5.91 Å². The van der Waals surface area contributed by atoms with Gasteiger partial charge in [0.15, 0.2) is 0 Å². The van der Waals surface area contributed by atoms with Crippen molar-refractivity contribution < 1.29 is 14.7 Å². The lowest BCUT2D eigenvalue weighted by Gasteiger charge is -2.15. The quantitative estimate of drug-likeness (QED) is 0.847. The van der Waals surface area contributed by atoms with Crippen LogP contribution in [0.5, 0.6) is 0 Å². The van der Waals surface area contributed by atoms with E-state index in [0.717, 1.165) is 37.0 Å². The van der Waals surface area contributed by atoms with Crippen molar-refractivity contribution >= 4 is 23.2 Å². The van der Waals surface area contributed by atoms with E-state index in [2.05, 4.69) is 12.2 Å². The number of thiophene rings is 1. The lowest BCUT2D eigenvalue weighted by molar-refractivity contribution is -0.142. The van der Waals surface area contributed by atoms with Crippen LogP contribution in [0.1, 0.15) is 52.7 Å². The van der Waals surface area contributed by atoms with Crippen molar-refractivity contribution in [3.63, 3.8) is 0 Å². The monoisotopic (exact) mass is 309 g/mol. The van der Waals surface area contributed by atoms with E-state index in [0.29, 0.717) is 6.54 Å². The summed E-state index contributed by atoms with van der Waals surface area (Å²) in [7, 11) is 0. The first kappa shape index (κ1) is 16.0. The van der Waals surface area contributed by atoms with Gasteiger partial charge in [0.2, 0.25) is 0 Å². The smallest absolute Gasteiger partial charge is 0.306 e. The molecule has 4 nitrogen and oxygen atoms in total. The summed E-state index contributed by atoms with van der Waals surface area (Å²) in [5.74, 6) is -1.03. The second-order valence-corrected chi connectivity index (χ2v) is 7.04. The number of rotatable bonds is 6. The summed E-state index contributed by atoms with van der Waals surface area (Å²) in [4.78, 5) is 25.3. The zero-order valence-electron chi connectivity index (χ0n) is 12.6. The van der Waals surface area contributed by atoms with E-state index in [-0.39, 0.29) is 17.7 Å². The van der Waals surface area contributed by atoms with Gasteiger partial charge in [0.1, 0.15) is 0 Å². The Labute approximate surface area is 129 Å². The molecule has 1 aromatic rings. The van der Waals surface area contributed by atoms with Crippen LogP contribution in [-0.2, 0) is 11.2 Å². The molecule has 1 aliphatic carbocycles. The molecule has 116 valence electrons. The average Bonchev–Trinajstić information content (AvgIpc) is 3.04. The maximum Gasteiger partial charge on any atom is 0.306 e. The number of nitrogens with one attached hydrogen (secondary N) is 1. The van der Waals surface area contributed by atoms with E-state index in [9.17, 15) is 9.59 Å². The van der Waals surface area contributed by atoms with E-state index in [4.69, 9.17) is 5.11 Å². The van der Waals surface area contributed by atoms with Crippen molar-refractivity contribution in [1.29, 1.82) is 0 Å². The van der Waals surface area contributed by atoms with Crippen LogP contribution in [0, 0.1) is 18.8 Å². The molecule has 2 unspecified atom stereocenters. The number of hydrogen-bond acceptors (Lipinski definition) is 3. The molecule has 1 aliphatic rings. The Morgan fingerprint density at radius 2 is 2.19 bits per heavy atom. The normalized spacial score (nSPS) is 21.4. The minimum Gasteiger partial charge on any atom is -0.481 e. The van der Waals surface area contributed by atoms with E-state index < -0.39 is 5.97 Å². The Balaban J connectivity index is 1.92. The number of carboxylic acids is 1. The van der Waals surface area contributed by atoms with Crippen LogP contribution in [0.3, 0.4) is 0 Å². The standard InChI is InChI=1S/C16H23NO3S/c1-3-5-11-8-14(21-10(11)2)15(18)17-9-12-6-4-7-13(12)16(19)20/h8,12-13H,3-7,9H2,1-2H3,(H,17,18)(H,19,20). The minimum absolute atomic E-state index is 0.0681. The van der Waals surface area contributed by atoms with Crippen molar-refractivity contribution in [2.24, 2.45) is 11.8 Å². The highest BCUT2D eigenvalue weighted by molar-refractivity contribution is 7.14. The number of amides is 1. The van der Waals surface area contributed by atoms with E-state index in [1.54, 1.807) is 0 Å². The third-order valence-electron chi connectivity index (χ3n) is 4.26. The highest BCUT2D eigenvalue weighted by Crippen LogP contribution is 2.31. The number of aryl methyl sites for hydroxylation is 2. The highest BCUT2D eigenvalue weighted by Gasteiger charge is 2.32. The van der Waals surface area contributed by atoms with Gasteiger partial charge in [-0.25, -0.2) is 0 Å². The molecule has 1 saturated carbocycles. The predicted octanol–water partition coefficient (Wildman–Crippen LogP) is 3.24. The molecule has 2 atom stereocenters. The maximum atomic E-state index is 12.2. The number of carbonyl (C=O) groups is 2. The van der Waals surface area contributed by atoms with Gasteiger partial charge in [0, 0.05) is 11.4 Å². The molecular formula is C16H23NO3S.